The summed E-state index contributed by atoms with van der Waals surface area (Å²) < 4.78 is 38.3. The Morgan fingerprint density at radius 3 is 2.34 bits per heavy atom. The molecule has 0 atom stereocenters. The van der Waals surface area contributed by atoms with Crippen LogP contribution in [0.5, 0.6) is 11.5 Å². The summed E-state index contributed by atoms with van der Waals surface area (Å²) in [5.74, 6) is 0.522. The van der Waals surface area contributed by atoms with E-state index in [-0.39, 0.29) is 11.4 Å². The number of amides is 1. The van der Waals surface area contributed by atoms with E-state index in [9.17, 15) is 13.2 Å². The average Bonchev–Trinajstić information content (AvgIpc) is 2.85. The number of benzene rings is 3. The summed E-state index contributed by atoms with van der Waals surface area (Å²) in [6.45, 7) is 1.41. The van der Waals surface area contributed by atoms with Gasteiger partial charge in [-0.3, -0.25) is 4.79 Å². The van der Waals surface area contributed by atoms with Gasteiger partial charge >= 0.3 is 0 Å². The van der Waals surface area contributed by atoms with Crippen molar-refractivity contribution in [2.45, 2.75) is 18.4 Å². The number of hydrogen-bond acceptors (Lipinski definition) is 6. The van der Waals surface area contributed by atoms with E-state index in [2.05, 4.69) is 10.5 Å². The van der Waals surface area contributed by atoms with Gasteiger partial charge in [-0.15, -0.1) is 0 Å². The third-order valence-electron chi connectivity index (χ3n) is 5.08. The van der Waals surface area contributed by atoms with Crippen LogP contribution >= 0.6 is 11.6 Å². The van der Waals surface area contributed by atoms with Crippen molar-refractivity contribution in [3.05, 3.63) is 88.4 Å². The molecule has 0 unspecified atom stereocenters. The summed E-state index contributed by atoms with van der Waals surface area (Å²) in [4.78, 5) is 12.8. The van der Waals surface area contributed by atoms with Gasteiger partial charge in [0.15, 0.2) is 0 Å². The first-order chi connectivity index (χ1) is 16.7. The van der Waals surface area contributed by atoms with Gasteiger partial charge in [-0.25, -0.2) is 13.8 Å². The first kappa shape index (κ1) is 26.2. The second-order valence-electron chi connectivity index (χ2n) is 7.61. The van der Waals surface area contributed by atoms with Crippen molar-refractivity contribution in [1.82, 2.24) is 9.73 Å². The van der Waals surface area contributed by atoms with Crippen LogP contribution in [0.4, 0.5) is 0 Å². The quantitative estimate of drug-likeness (QED) is 0.325. The van der Waals surface area contributed by atoms with Gasteiger partial charge in [-0.1, -0.05) is 41.4 Å². The number of rotatable bonds is 10. The van der Waals surface area contributed by atoms with Crippen molar-refractivity contribution in [2.24, 2.45) is 5.10 Å². The molecule has 0 saturated heterocycles. The van der Waals surface area contributed by atoms with Gasteiger partial charge in [-0.2, -0.15) is 9.41 Å². The smallest absolute Gasteiger partial charge is 0.255 e. The predicted octanol–water partition coefficient (Wildman–Crippen LogP) is 4.01. The van der Waals surface area contributed by atoms with E-state index in [1.54, 1.807) is 61.7 Å². The van der Waals surface area contributed by atoms with Crippen LogP contribution in [-0.2, 0) is 21.4 Å². The standard InChI is InChI=1S/C25H26ClN3O5S/c1-18-4-12-23(13-5-18)35(31,32)29(16-19-6-9-21(26)10-7-19)17-25(30)28-27-15-20-8-11-22(33-2)14-24(20)34-3/h4-15H,16-17H2,1-3H3,(H,28,30)/b27-15+. The van der Waals surface area contributed by atoms with E-state index >= 15 is 0 Å². The van der Waals surface area contributed by atoms with Gasteiger partial charge in [0, 0.05) is 23.2 Å². The molecule has 1 amide bonds. The van der Waals surface area contributed by atoms with Crippen molar-refractivity contribution in [1.29, 1.82) is 0 Å². The second kappa shape index (κ2) is 11.8. The summed E-state index contributed by atoms with van der Waals surface area (Å²) in [6, 6.07) is 18.4. The second-order valence-corrected chi connectivity index (χ2v) is 9.99. The van der Waals surface area contributed by atoms with Gasteiger partial charge in [0.1, 0.15) is 11.5 Å². The number of aryl methyl sites for hydroxylation is 1. The molecular formula is C25H26ClN3O5S. The third kappa shape index (κ3) is 7.05. The number of carbonyl (C=O) groups excluding carboxylic acids is 1. The molecule has 0 aliphatic carbocycles. The molecule has 0 spiro atoms. The number of halogens is 1. The maximum Gasteiger partial charge on any atom is 0.255 e. The van der Waals surface area contributed by atoms with E-state index in [0.717, 1.165) is 9.87 Å². The molecule has 10 heteroatoms. The van der Waals surface area contributed by atoms with Crippen LogP contribution in [-0.4, -0.2) is 45.6 Å². The minimum absolute atomic E-state index is 0.0170. The lowest BCUT2D eigenvalue weighted by Gasteiger charge is -2.21. The monoisotopic (exact) mass is 515 g/mol. The molecule has 0 aliphatic heterocycles. The molecule has 0 radical (unpaired) electrons. The molecule has 0 heterocycles. The molecule has 0 aliphatic rings. The highest BCUT2D eigenvalue weighted by Crippen LogP contribution is 2.23. The fourth-order valence-corrected chi connectivity index (χ4v) is 4.68. The average molecular weight is 516 g/mol. The summed E-state index contributed by atoms with van der Waals surface area (Å²) >= 11 is 5.95. The van der Waals surface area contributed by atoms with Crippen LogP contribution in [0.3, 0.4) is 0 Å². The lowest BCUT2D eigenvalue weighted by Crippen LogP contribution is -2.39. The van der Waals surface area contributed by atoms with Gasteiger partial charge in [0.05, 0.1) is 31.9 Å². The molecule has 0 aromatic heterocycles. The van der Waals surface area contributed by atoms with Crippen LogP contribution in [0, 0.1) is 6.92 Å². The molecular weight excluding hydrogens is 490 g/mol. The highest BCUT2D eigenvalue weighted by Gasteiger charge is 2.27. The molecule has 3 aromatic rings. The predicted molar refractivity (Wildman–Crippen MR) is 136 cm³/mol. The Kier molecular flexibility index (Phi) is 8.86. The topological polar surface area (TPSA) is 97.3 Å². The fraction of sp³-hybridized carbons (Fsp3) is 0.200. The van der Waals surface area contributed by atoms with Crippen molar-refractivity contribution < 1.29 is 22.7 Å². The van der Waals surface area contributed by atoms with Gasteiger partial charge in [0.25, 0.3) is 5.91 Å². The van der Waals surface area contributed by atoms with Crippen LogP contribution in [0.1, 0.15) is 16.7 Å². The molecule has 1 N–H and O–H groups in total. The van der Waals surface area contributed by atoms with Gasteiger partial charge < -0.3 is 9.47 Å². The molecule has 35 heavy (non-hydrogen) atoms. The van der Waals surface area contributed by atoms with Crippen LogP contribution in [0.25, 0.3) is 0 Å². The minimum atomic E-state index is -3.96. The number of nitrogens with one attached hydrogen (secondary N) is 1. The zero-order valence-corrected chi connectivity index (χ0v) is 21.1. The maximum atomic E-state index is 13.3. The molecule has 184 valence electrons. The zero-order chi connectivity index (χ0) is 25.4. The molecule has 8 nitrogen and oxygen atoms in total. The molecule has 3 aromatic carbocycles. The number of nitrogens with zero attached hydrogens (tertiary/aromatic N) is 2. The minimum Gasteiger partial charge on any atom is -0.497 e. The molecule has 0 saturated carbocycles. The Bertz CT molecular complexity index is 1290. The van der Waals surface area contributed by atoms with Crippen LogP contribution < -0.4 is 14.9 Å². The first-order valence-corrected chi connectivity index (χ1v) is 12.4. The highest BCUT2D eigenvalue weighted by atomic mass is 35.5. The number of sulfonamides is 1. The number of hydrazone groups is 1. The zero-order valence-electron chi connectivity index (χ0n) is 19.6. The maximum absolute atomic E-state index is 13.3. The summed E-state index contributed by atoms with van der Waals surface area (Å²) in [7, 11) is -0.909. The number of carbonyl (C=O) groups is 1. The van der Waals surface area contributed by atoms with Crippen molar-refractivity contribution in [2.75, 3.05) is 20.8 Å². The Morgan fingerprint density at radius 2 is 1.71 bits per heavy atom. The van der Waals surface area contributed by atoms with Crippen LogP contribution in [0.15, 0.2) is 76.7 Å². The largest absolute Gasteiger partial charge is 0.497 e. The molecule has 3 rings (SSSR count). The van der Waals surface area contributed by atoms with Gasteiger partial charge in [-0.05, 0) is 48.9 Å². The number of hydrogen-bond donors (Lipinski definition) is 1. The number of methoxy groups -OCH3 is 2. The van der Waals surface area contributed by atoms with E-state index in [4.69, 9.17) is 21.1 Å². The Morgan fingerprint density at radius 1 is 1.03 bits per heavy atom. The van der Waals surface area contributed by atoms with Crippen molar-refractivity contribution in [3.63, 3.8) is 0 Å². The van der Waals surface area contributed by atoms with Crippen molar-refractivity contribution >= 4 is 33.7 Å². The third-order valence-corrected chi connectivity index (χ3v) is 7.14. The van der Waals surface area contributed by atoms with E-state index < -0.39 is 22.5 Å². The fourth-order valence-electron chi connectivity index (χ4n) is 3.17. The lowest BCUT2D eigenvalue weighted by atomic mass is 10.2. The summed E-state index contributed by atoms with van der Waals surface area (Å²) in [6.07, 6.45) is 1.41. The van der Waals surface area contributed by atoms with Crippen LogP contribution in [0.2, 0.25) is 5.02 Å². The highest BCUT2D eigenvalue weighted by molar-refractivity contribution is 7.89. The lowest BCUT2D eigenvalue weighted by molar-refractivity contribution is -0.121. The van der Waals surface area contributed by atoms with Crippen molar-refractivity contribution in [3.8, 4) is 11.5 Å². The molecule has 0 fully saturated rings. The van der Waals surface area contributed by atoms with Gasteiger partial charge in [0.2, 0.25) is 10.0 Å². The van der Waals surface area contributed by atoms with E-state index in [1.165, 1.54) is 25.5 Å². The summed E-state index contributed by atoms with van der Waals surface area (Å²) in [5, 5.41) is 4.49. The summed E-state index contributed by atoms with van der Waals surface area (Å²) in [5.41, 5.74) is 4.61. The molecule has 0 bridgehead atoms. The first-order valence-electron chi connectivity index (χ1n) is 10.6. The van der Waals surface area contributed by atoms with E-state index in [0.29, 0.717) is 27.6 Å². The Labute approximate surface area is 210 Å². The Balaban J connectivity index is 1.79. The number of ether oxygens (including phenoxy) is 2. The normalized spacial score (nSPS) is 11.6. The Hall–Kier alpha value is -3.40. The van der Waals surface area contributed by atoms with E-state index in [1.807, 2.05) is 6.92 Å². The SMILES string of the molecule is COc1ccc(/C=N/NC(=O)CN(Cc2ccc(Cl)cc2)S(=O)(=O)c2ccc(C)cc2)c(OC)c1.